The molecule has 2 rings (SSSR count). The molecule has 0 aliphatic rings. The Balaban J connectivity index is 1.96. The normalized spacial score (nSPS) is 10.3. The van der Waals surface area contributed by atoms with Crippen LogP contribution in [0.25, 0.3) is 0 Å². The number of aromatic amines is 1. The average molecular weight is 220 g/mol. The molecule has 0 unspecified atom stereocenters. The molecule has 0 atom stereocenters. The van der Waals surface area contributed by atoms with Crippen LogP contribution in [-0.2, 0) is 13.6 Å². The summed E-state index contributed by atoms with van der Waals surface area (Å²) in [5, 5.41) is 9.05. The van der Waals surface area contributed by atoms with Gasteiger partial charge in [0.05, 0.1) is 12.5 Å². The minimum absolute atomic E-state index is 0.235. The van der Waals surface area contributed by atoms with Crippen molar-refractivity contribution in [2.45, 2.75) is 6.54 Å². The van der Waals surface area contributed by atoms with Gasteiger partial charge in [-0.05, 0) is 0 Å². The fraction of sp³-hybridized carbons (Fsp3) is 0.222. The van der Waals surface area contributed by atoms with E-state index in [-0.39, 0.29) is 5.91 Å². The van der Waals surface area contributed by atoms with Crippen LogP contribution in [0.3, 0.4) is 0 Å². The number of hydrogen-bond acceptors (Lipinski definition) is 4. The number of rotatable bonds is 3. The highest BCUT2D eigenvalue weighted by Gasteiger charge is 2.09. The number of carbonyl (C=O) groups excluding carboxylic acids is 1. The molecule has 0 radical (unpaired) electrons. The third-order valence-corrected chi connectivity index (χ3v) is 2.13. The van der Waals surface area contributed by atoms with Gasteiger partial charge in [0.2, 0.25) is 0 Å². The zero-order chi connectivity index (χ0) is 11.5. The number of amides is 1. The van der Waals surface area contributed by atoms with Crippen molar-refractivity contribution in [1.82, 2.24) is 25.1 Å². The molecule has 0 aliphatic heterocycles. The van der Waals surface area contributed by atoms with Crippen molar-refractivity contribution in [2.24, 2.45) is 7.05 Å². The number of H-pyrrole nitrogens is 1. The minimum Gasteiger partial charge on any atom is -0.384 e. The molecule has 0 aliphatic carbocycles. The number of nitrogens with one attached hydrogen (secondary N) is 2. The quantitative estimate of drug-likeness (QED) is 0.658. The molecule has 7 heteroatoms. The number of anilines is 1. The standard InChI is InChI=1S/C9H12N6O/c1-15-4-7(12-5-15)9(16)11-2-6-3-13-14-8(6)10/h3-5H,2H2,1H3,(H,11,16)(H3,10,13,14). The molecular formula is C9H12N6O. The number of imidazole rings is 1. The van der Waals surface area contributed by atoms with Crippen molar-refractivity contribution < 1.29 is 4.79 Å². The van der Waals surface area contributed by atoms with Crippen LogP contribution in [0.1, 0.15) is 16.1 Å². The summed E-state index contributed by atoms with van der Waals surface area (Å²) < 4.78 is 1.71. The first-order valence-electron chi connectivity index (χ1n) is 4.70. The molecule has 16 heavy (non-hydrogen) atoms. The predicted octanol–water partition coefficient (Wildman–Crippen LogP) is -0.345. The third kappa shape index (κ3) is 2.02. The summed E-state index contributed by atoms with van der Waals surface area (Å²) in [6.07, 6.45) is 4.79. The van der Waals surface area contributed by atoms with E-state index in [1.807, 2.05) is 0 Å². The van der Waals surface area contributed by atoms with E-state index >= 15 is 0 Å². The molecule has 0 saturated carbocycles. The molecule has 0 bridgehead atoms. The minimum atomic E-state index is -0.235. The molecule has 0 saturated heterocycles. The summed E-state index contributed by atoms with van der Waals surface area (Å²) in [7, 11) is 1.80. The summed E-state index contributed by atoms with van der Waals surface area (Å²) in [5.74, 6) is 0.225. The monoisotopic (exact) mass is 220 g/mol. The molecule has 7 nitrogen and oxygen atoms in total. The Morgan fingerprint density at radius 2 is 2.50 bits per heavy atom. The van der Waals surface area contributed by atoms with Crippen molar-refractivity contribution in [1.29, 1.82) is 0 Å². The Bertz CT molecular complexity index is 500. The van der Waals surface area contributed by atoms with Gasteiger partial charge < -0.3 is 15.6 Å². The molecule has 84 valence electrons. The van der Waals surface area contributed by atoms with Gasteiger partial charge in [0, 0.05) is 25.4 Å². The lowest BCUT2D eigenvalue weighted by Gasteiger charge is -2.01. The van der Waals surface area contributed by atoms with E-state index in [0.29, 0.717) is 18.1 Å². The highest BCUT2D eigenvalue weighted by molar-refractivity contribution is 5.92. The first-order chi connectivity index (χ1) is 7.66. The van der Waals surface area contributed by atoms with Gasteiger partial charge in [-0.15, -0.1) is 0 Å². The molecular weight excluding hydrogens is 208 g/mol. The lowest BCUT2D eigenvalue weighted by molar-refractivity contribution is 0.0946. The molecule has 2 aromatic rings. The van der Waals surface area contributed by atoms with Crippen LogP contribution in [0.4, 0.5) is 5.82 Å². The fourth-order valence-electron chi connectivity index (χ4n) is 1.26. The lowest BCUT2D eigenvalue weighted by atomic mass is 10.3. The number of nitrogen functional groups attached to an aromatic ring is 1. The second-order valence-corrected chi connectivity index (χ2v) is 3.42. The summed E-state index contributed by atoms with van der Waals surface area (Å²) in [5.41, 5.74) is 6.71. The van der Waals surface area contributed by atoms with Crippen LogP contribution in [-0.4, -0.2) is 25.7 Å². The average Bonchev–Trinajstić information content (AvgIpc) is 2.84. The van der Waals surface area contributed by atoms with Crippen molar-refractivity contribution >= 4 is 11.7 Å². The van der Waals surface area contributed by atoms with Gasteiger partial charge in [-0.2, -0.15) is 5.10 Å². The summed E-state index contributed by atoms with van der Waals surface area (Å²) in [6.45, 7) is 0.331. The second-order valence-electron chi connectivity index (χ2n) is 3.42. The Hall–Kier alpha value is -2.31. The van der Waals surface area contributed by atoms with Gasteiger partial charge in [-0.3, -0.25) is 9.89 Å². The first kappa shape index (κ1) is 10.2. The van der Waals surface area contributed by atoms with Crippen LogP contribution in [0.5, 0.6) is 0 Å². The predicted molar refractivity (Wildman–Crippen MR) is 57.4 cm³/mol. The number of aryl methyl sites for hydroxylation is 1. The van der Waals surface area contributed by atoms with Gasteiger partial charge in [0.1, 0.15) is 11.5 Å². The number of nitrogens with zero attached hydrogens (tertiary/aromatic N) is 3. The Morgan fingerprint density at radius 3 is 3.06 bits per heavy atom. The van der Waals surface area contributed by atoms with Gasteiger partial charge in [0.15, 0.2) is 0 Å². The van der Waals surface area contributed by atoms with Crippen molar-refractivity contribution in [2.75, 3.05) is 5.73 Å². The zero-order valence-corrected chi connectivity index (χ0v) is 8.77. The summed E-state index contributed by atoms with van der Waals surface area (Å²) in [6, 6.07) is 0. The van der Waals surface area contributed by atoms with E-state index < -0.39 is 0 Å². The van der Waals surface area contributed by atoms with E-state index in [0.717, 1.165) is 5.56 Å². The fourth-order valence-corrected chi connectivity index (χ4v) is 1.26. The maximum Gasteiger partial charge on any atom is 0.271 e. The molecule has 2 aromatic heterocycles. The molecule has 0 fully saturated rings. The van der Waals surface area contributed by atoms with E-state index in [2.05, 4.69) is 20.5 Å². The maximum absolute atomic E-state index is 11.6. The largest absolute Gasteiger partial charge is 0.384 e. The summed E-state index contributed by atoms with van der Waals surface area (Å²) in [4.78, 5) is 15.5. The van der Waals surface area contributed by atoms with Crippen LogP contribution in [0, 0.1) is 0 Å². The van der Waals surface area contributed by atoms with Gasteiger partial charge in [-0.25, -0.2) is 4.98 Å². The van der Waals surface area contributed by atoms with Gasteiger partial charge >= 0.3 is 0 Å². The molecule has 4 N–H and O–H groups in total. The third-order valence-electron chi connectivity index (χ3n) is 2.13. The van der Waals surface area contributed by atoms with Crippen molar-refractivity contribution in [3.63, 3.8) is 0 Å². The summed E-state index contributed by atoms with van der Waals surface area (Å²) >= 11 is 0. The first-order valence-corrected chi connectivity index (χ1v) is 4.70. The van der Waals surface area contributed by atoms with Crippen molar-refractivity contribution in [3.8, 4) is 0 Å². The van der Waals surface area contributed by atoms with E-state index in [9.17, 15) is 4.79 Å². The lowest BCUT2D eigenvalue weighted by Crippen LogP contribution is -2.23. The molecule has 0 spiro atoms. The van der Waals surface area contributed by atoms with E-state index in [1.54, 1.807) is 30.3 Å². The number of carbonyl (C=O) groups is 1. The van der Waals surface area contributed by atoms with Crippen LogP contribution >= 0.6 is 0 Å². The number of nitrogens with two attached hydrogens (primary N) is 1. The Kier molecular flexibility index (Phi) is 2.59. The van der Waals surface area contributed by atoms with Gasteiger partial charge in [-0.1, -0.05) is 0 Å². The highest BCUT2D eigenvalue weighted by Crippen LogP contribution is 2.05. The second kappa shape index (κ2) is 4.05. The maximum atomic E-state index is 11.6. The SMILES string of the molecule is Cn1cnc(C(=O)NCc2cn[nH]c2N)c1. The van der Waals surface area contributed by atoms with Crippen LogP contribution in [0.15, 0.2) is 18.7 Å². The Morgan fingerprint density at radius 1 is 1.69 bits per heavy atom. The zero-order valence-electron chi connectivity index (χ0n) is 8.77. The van der Waals surface area contributed by atoms with E-state index in [4.69, 9.17) is 5.73 Å². The van der Waals surface area contributed by atoms with Crippen molar-refractivity contribution in [3.05, 3.63) is 30.0 Å². The topological polar surface area (TPSA) is 102 Å². The van der Waals surface area contributed by atoms with Crippen LogP contribution < -0.4 is 11.1 Å². The molecule has 0 aromatic carbocycles. The molecule has 1 amide bonds. The number of aromatic nitrogens is 4. The van der Waals surface area contributed by atoms with E-state index in [1.165, 1.54) is 0 Å². The highest BCUT2D eigenvalue weighted by atomic mass is 16.1. The van der Waals surface area contributed by atoms with Gasteiger partial charge in [0.25, 0.3) is 5.91 Å². The molecule has 2 heterocycles. The van der Waals surface area contributed by atoms with Crippen LogP contribution in [0.2, 0.25) is 0 Å². The number of hydrogen-bond donors (Lipinski definition) is 3. The smallest absolute Gasteiger partial charge is 0.271 e. The Labute approximate surface area is 91.7 Å².